The average molecular weight is 137 g/mol. The lowest BCUT2D eigenvalue weighted by Crippen LogP contribution is -2.20. The van der Waals surface area contributed by atoms with Gasteiger partial charge in [-0.15, -0.1) is 0 Å². The van der Waals surface area contributed by atoms with Crippen molar-refractivity contribution in [2.75, 3.05) is 0 Å². The van der Waals surface area contributed by atoms with E-state index in [1.807, 2.05) is 25.2 Å². The Morgan fingerprint density at radius 3 is 3.10 bits per heavy atom. The summed E-state index contributed by atoms with van der Waals surface area (Å²) < 4.78 is 0. The molecule has 0 aliphatic heterocycles. The molecule has 1 aliphatic rings. The second-order valence-electron chi connectivity index (χ2n) is 2.23. The number of nitrogens with one attached hydrogen (secondary N) is 1. The molecular formula is C8H11NO. The van der Waals surface area contributed by atoms with Crippen molar-refractivity contribution in [2.45, 2.75) is 19.8 Å². The molecule has 1 rings (SSSR count). The lowest BCUT2D eigenvalue weighted by Gasteiger charge is -2.01. The molecule has 0 aromatic heterocycles. The van der Waals surface area contributed by atoms with Crippen LogP contribution in [0.5, 0.6) is 0 Å². The highest BCUT2D eigenvalue weighted by Crippen LogP contribution is 2.05. The van der Waals surface area contributed by atoms with Gasteiger partial charge in [-0.1, -0.05) is 19.1 Å². The zero-order valence-electron chi connectivity index (χ0n) is 6.05. The maximum absolute atomic E-state index is 10.8. The Kier molecular flexibility index (Phi) is 2.26. The van der Waals surface area contributed by atoms with Crippen molar-refractivity contribution < 1.29 is 4.79 Å². The van der Waals surface area contributed by atoms with Crippen molar-refractivity contribution in [3.8, 4) is 0 Å². The molecule has 0 heterocycles. The quantitative estimate of drug-likeness (QED) is 0.611. The maximum Gasteiger partial charge on any atom is 0.223 e. The summed E-state index contributed by atoms with van der Waals surface area (Å²) in [7, 11) is 0. The normalized spacial score (nSPS) is 15.1. The van der Waals surface area contributed by atoms with Gasteiger partial charge in [0.2, 0.25) is 5.91 Å². The third kappa shape index (κ3) is 1.72. The zero-order chi connectivity index (χ0) is 7.40. The number of carbonyl (C=O) groups is 1. The molecule has 0 saturated carbocycles. The molecule has 10 heavy (non-hydrogen) atoms. The van der Waals surface area contributed by atoms with Gasteiger partial charge in [-0.3, -0.25) is 4.79 Å². The molecule has 0 atom stereocenters. The second-order valence-corrected chi connectivity index (χ2v) is 2.23. The molecule has 54 valence electrons. The number of hydrogen-bond acceptors (Lipinski definition) is 1. The third-order valence-electron chi connectivity index (χ3n) is 1.39. The van der Waals surface area contributed by atoms with E-state index < -0.39 is 0 Å². The Labute approximate surface area is 60.6 Å². The van der Waals surface area contributed by atoms with Crippen LogP contribution in [0.4, 0.5) is 0 Å². The predicted octanol–water partition coefficient (Wildman–Crippen LogP) is 1.36. The van der Waals surface area contributed by atoms with E-state index in [1.54, 1.807) is 0 Å². The van der Waals surface area contributed by atoms with Gasteiger partial charge in [0.15, 0.2) is 0 Å². The summed E-state index contributed by atoms with van der Waals surface area (Å²) in [5, 5.41) is 2.79. The van der Waals surface area contributed by atoms with Crippen LogP contribution in [0.3, 0.4) is 0 Å². The fourth-order valence-corrected chi connectivity index (χ4v) is 0.807. The molecule has 0 unspecified atom stereocenters. The van der Waals surface area contributed by atoms with Crippen LogP contribution in [0.15, 0.2) is 23.9 Å². The molecule has 0 aromatic carbocycles. The van der Waals surface area contributed by atoms with Gasteiger partial charge in [0, 0.05) is 18.5 Å². The van der Waals surface area contributed by atoms with E-state index in [-0.39, 0.29) is 5.91 Å². The van der Waals surface area contributed by atoms with Gasteiger partial charge in [0.25, 0.3) is 0 Å². The van der Waals surface area contributed by atoms with E-state index in [0.29, 0.717) is 6.42 Å². The Morgan fingerprint density at radius 1 is 1.80 bits per heavy atom. The summed E-state index contributed by atoms with van der Waals surface area (Å²) in [6, 6.07) is 0. The zero-order valence-corrected chi connectivity index (χ0v) is 6.05. The number of amides is 1. The molecule has 1 amide bonds. The topological polar surface area (TPSA) is 29.1 Å². The Balaban J connectivity index is 2.33. The van der Waals surface area contributed by atoms with Crippen molar-refractivity contribution in [1.29, 1.82) is 0 Å². The van der Waals surface area contributed by atoms with Gasteiger partial charge < -0.3 is 5.32 Å². The van der Waals surface area contributed by atoms with Gasteiger partial charge >= 0.3 is 0 Å². The molecule has 0 aromatic rings. The highest BCUT2D eigenvalue weighted by molar-refractivity contribution is 5.77. The van der Waals surface area contributed by atoms with Gasteiger partial charge in [0.05, 0.1) is 0 Å². The van der Waals surface area contributed by atoms with E-state index in [2.05, 4.69) is 5.32 Å². The molecule has 0 saturated heterocycles. The molecule has 0 bridgehead atoms. The number of hydrogen-bond donors (Lipinski definition) is 1. The van der Waals surface area contributed by atoms with E-state index in [1.165, 1.54) is 0 Å². The number of allylic oxidation sites excluding steroid dienone is 3. The van der Waals surface area contributed by atoms with E-state index in [4.69, 9.17) is 0 Å². The van der Waals surface area contributed by atoms with Crippen LogP contribution in [0, 0.1) is 0 Å². The molecule has 2 heteroatoms. The first kappa shape index (κ1) is 7.06. The summed E-state index contributed by atoms with van der Waals surface area (Å²) in [6.45, 7) is 1.85. The van der Waals surface area contributed by atoms with Crippen LogP contribution in [0.2, 0.25) is 0 Å². The molecule has 0 radical (unpaired) electrons. The lowest BCUT2D eigenvalue weighted by molar-refractivity contribution is -0.120. The Hall–Kier alpha value is -1.05. The summed E-state index contributed by atoms with van der Waals surface area (Å²) in [5.41, 5.74) is 1.01. The van der Waals surface area contributed by atoms with Crippen molar-refractivity contribution in [3.63, 3.8) is 0 Å². The van der Waals surface area contributed by atoms with Crippen LogP contribution in [0.1, 0.15) is 19.8 Å². The number of carbonyl (C=O) groups excluding carboxylic acids is 1. The summed E-state index contributed by atoms with van der Waals surface area (Å²) in [6.07, 6.45) is 7.31. The molecule has 0 fully saturated rings. The molecule has 1 N–H and O–H groups in total. The van der Waals surface area contributed by atoms with E-state index >= 15 is 0 Å². The van der Waals surface area contributed by atoms with Crippen molar-refractivity contribution in [2.24, 2.45) is 0 Å². The van der Waals surface area contributed by atoms with Crippen LogP contribution in [-0.4, -0.2) is 5.91 Å². The second kappa shape index (κ2) is 3.20. The van der Waals surface area contributed by atoms with Gasteiger partial charge in [-0.25, -0.2) is 0 Å². The summed E-state index contributed by atoms with van der Waals surface area (Å²) in [5.74, 6) is 0.0925. The fraction of sp³-hybridized carbons (Fsp3) is 0.375. The van der Waals surface area contributed by atoms with Gasteiger partial charge in [0.1, 0.15) is 0 Å². The van der Waals surface area contributed by atoms with Crippen LogP contribution in [-0.2, 0) is 4.79 Å². The minimum absolute atomic E-state index is 0.0925. The molecule has 2 nitrogen and oxygen atoms in total. The van der Waals surface area contributed by atoms with Crippen LogP contribution in [0.25, 0.3) is 0 Å². The first-order chi connectivity index (χ1) is 4.83. The minimum atomic E-state index is 0.0925. The van der Waals surface area contributed by atoms with Gasteiger partial charge in [-0.05, 0) is 6.08 Å². The number of rotatable bonds is 2. The Morgan fingerprint density at radius 2 is 2.60 bits per heavy atom. The summed E-state index contributed by atoms with van der Waals surface area (Å²) in [4.78, 5) is 10.8. The van der Waals surface area contributed by atoms with Gasteiger partial charge in [-0.2, -0.15) is 0 Å². The average Bonchev–Trinajstić information content (AvgIpc) is 2.40. The predicted molar refractivity (Wildman–Crippen MR) is 40.3 cm³/mol. The lowest BCUT2D eigenvalue weighted by atomic mass is 10.3. The Bertz CT molecular complexity index is 191. The first-order valence-corrected chi connectivity index (χ1v) is 3.48. The van der Waals surface area contributed by atoms with Crippen molar-refractivity contribution in [1.82, 2.24) is 5.32 Å². The SMILES string of the molecule is CCC(=O)NC1=CC=CC1. The standard InChI is InChI=1S/C8H11NO/c1-2-8(10)9-7-5-3-4-6-7/h3-5H,2,6H2,1H3,(H,9,10). The van der Waals surface area contributed by atoms with Crippen molar-refractivity contribution in [3.05, 3.63) is 23.9 Å². The fourth-order valence-electron chi connectivity index (χ4n) is 0.807. The van der Waals surface area contributed by atoms with Crippen molar-refractivity contribution >= 4 is 5.91 Å². The largest absolute Gasteiger partial charge is 0.329 e. The third-order valence-corrected chi connectivity index (χ3v) is 1.39. The monoisotopic (exact) mass is 137 g/mol. The highest BCUT2D eigenvalue weighted by Gasteiger charge is 2.01. The molecule has 0 spiro atoms. The summed E-state index contributed by atoms with van der Waals surface area (Å²) >= 11 is 0. The minimum Gasteiger partial charge on any atom is -0.329 e. The molecular weight excluding hydrogens is 126 g/mol. The maximum atomic E-state index is 10.8. The van der Waals surface area contributed by atoms with Crippen LogP contribution >= 0.6 is 0 Å². The van der Waals surface area contributed by atoms with Crippen LogP contribution < -0.4 is 5.32 Å². The smallest absolute Gasteiger partial charge is 0.223 e. The molecule has 1 aliphatic carbocycles. The van der Waals surface area contributed by atoms with E-state index in [0.717, 1.165) is 12.1 Å². The highest BCUT2D eigenvalue weighted by atomic mass is 16.1. The van der Waals surface area contributed by atoms with E-state index in [9.17, 15) is 4.79 Å². The first-order valence-electron chi connectivity index (χ1n) is 3.48.